The van der Waals surface area contributed by atoms with Crippen molar-refractivity contribution in [1.29, 1.82) is 0 Å². The van der Waals surface area contributed by atoms with Crippen molar-refractivity contribution in [2.24, 2.45) is 10.7 Å². The van der Waals surface area contributed by atoms with E-state index in [0.717, 1.165) is 10.5 Å². The van der Waals surface area contributed by atoms with E-state index < -0.39 is 16.9 Å². The Morgan fingerprint density at radius 1 is 1.10 bits per heavy atom. The highest BCUT2D eigenvalue weighted by Crippen LogP contribution is 2.34. The highest BCUT2D eigenvalue weighted by atomic mass is 16.6. The molecular weight excluding hydrogens is 500 g/mol. The molecule has 0 radical (unpaired) electrons. The second-order valence-electron chi connectivity index (χ2n) is 8.98. The third kappa shape index (κ3) is 4.98. The van der Waals surface area contributed by atoms with Gasteiger partial charge in [-0.1, -0.05) is 36.4 Å². The quantitative estimate of drug-likeness (QED) is 0.0938. The van der Waals surface area contributed by atoms with Gasteiger partial charge in [0, 0.05) is 35.6 Å². The van der Waals surface area contributed by atoms with Gasteiger partial charge in [-0.2, -0.15) is 0 Å². The van der Waals surface area contributed by atoms with Crippen LogP contribution >= 0.6 is 0 Å². The molecule has 2 heterocycles. The Balaban J connectivity index is 1.60. The van der Waals surface area contributed by atoms with Crippen molar-refractivity contribution in [3.8, 4) is 5.88 Å². The van der Waals surface area contributed by atoms with Crippen LogP contribution < -0.4 is 11.1 Å². The van der Waals surface area contributed by atoms with Crippen molar-refractivity contribution >= 4 is 46.0 Å². The number of aromatic hydroxyl groups is 1. The van der Waals surface area contributed by atoms with Crippen molar-refractivity contribution in [1.82, 2.24) is 15.2 Å². The number of nitrogens with two attached hydrogens (primary N) is 1. The molecule has 196 valence electrons. The number of urea groups is 1. The number of aromatic amines is 1. The molecule has 5 rings (SSSR count). The number of aliphatic imine (C=N–C) groups is 1. The van der Waals surface area contributed by atoms with Gasteiger partial charge in [-0.25, -0.2) is 9.79 Å². The number of non-ortho nitro benzene ring substituents is 1. The smallest absolute Gasteiger partial charge is 0.328 e. The largest absolute Gasteiger partial charge is 0.494 e. The maximum atomic E-state index is 12.2. The van der Waals surface area contributed by atoms with Crippen molar-refractivity contribution < 1.29 is 19.6 Å². The van der Waals surface area contributed by atoms with E-state index in [-0.39, 0.29) is 17.3 Å². The van der Waals surface area contributed by atoms with Gasteiger partial charge in [-0.3, -0.25) is 19.8 Å². The van der Waals surface area contributed by atoms with Gasteiger partial charge in [0.05, 0.1) is 21.9 Å². The Morgan fingerprint density at radius 2 is 1.82 bits per heavy atom. The lowest BCUT2D eigenvalue weighted by atomic mass is 9.98. The number of rotatable bonds is 7. The zero-order valence-corrected chi connectivity index (χ0v) is 20.8. The first-order chi connectivity index (χ1) is 18.7. The van der Waals surface area contributed by atoms with E-state index in [4.69, 9.17) is 10.7 Å². The summed E-state index contributed by atoms with van der Waals surface area (Å²) in [6.07, 6.45) is 2.27. The van der Waals surface area contributed by atoms with E-state index in [2.05, 4.69) is 10.3 Å². The van der Waals surface area contributed by atoms with E-state index in [0.29, 0.717) is 52.0 Å². The summed E-state index contributed by atoms with van der Waals surface area (Å²) in [5.41, 5.74) is 9.93. The fourth-order valence-electron chi connectivity index (χ4n) is 4.34. The summed E-state index contributed by atoms with van der Waals surface area (Å²) in [6, 6.07) is 18.3. The molecule has 1 saturated heterocycles. The second-order valence-corrected chi connectivity index (χ2v) is 8.98. The molecule has 0 bridgehead atoms. The monoisotopic (exact) mass is 524 g/mol. The number of fused-ring (bicyclic) bond motifs is 1. The van der Waals surface area contributed by atoms with Gasteiger partial charge in [-0.15, -0.1) is 0 Å². The normalized spacial score (nSPS) is 14.9. The van der Waals surface area contributed by atoms with Crippen LogP contribution in [0.5, 0.6) is 5.88 Å². The number of benzene rings is 3. The van der Waals surface area contributed by atoms with Crippen LogP contribution in [0.4, 0.5) is 16.2 Å². The summed E-state index contributed by atoms with van der Waals surface area (Å²) in [5.74, 6) is -0.595. The third-order valence-corrected chi connectivity index (χ3v) is 6.40. The standard InChI is InChI=1S/C28H24N6O5/c1-33-27(36)23(32-28(33)37)14-17-4-8-19(9-5-17)30-25(18-6-2-16(3-7-18)12-13-29)24-21-15-20(34(38)39)10-11-22(21)31-26(24)35/h2-11,14-15,31,35H,12-13,29H2,1H3,(H,32,37)/b23-14-,30-25?. The number of carbonyl (C=O) groups excluding carboxylic acids is 2. The number of nitro benzene ring substituents is 1. The topological polar surface area (TPSA) is 167 Å². The molecule has 0 saturated carbocycles. The fraction of sp³-hybridized carbons (Fsp3) is 0.107. The Morgan fingerprint density at radius 3 is 2.44 bits per heavy atom. The van der Waals surface area contributed by atoms with Gasteiger partial charge in [0.1, 0.15) is 5.70 Å². The van der Waals surface area contributed by atoms with E-state index in [1.165, 1.54) is 19.2 Å². The minimum Gasteiger partial charge on any atom is -0.494 e. The van der Waals surface area contributed by atoms with Crippen molar-refractivity contribution in [3.05, 3.63) is 105 Å². The van der Waals surface area contributed by atoms with E-state index in [9.17, 15) is 24.8 Å². The molecule has 0 spiro atoms. The van der Waals surface area contributed by atoms with Gasteiger partial charge in [0.2, 0.25) is 0 Å². The number of amides is 3. The van der Waals surface area contributed by atoms with Gasteiger partial charge >= 0.3 is 6.03 Å². The predicted molar refractivity (Wildman–Crippen MR) is 147 cm³/mol. The van der Waals surface area contributed by atoms with Crippen molar-refractivity contribution in [2.75, 3.05) is 13.6 Å². The highest BCUT2D eigenvalue weighted by Gasteiger charge is 2.30. The summed E-state index contributed by atoms with van der Waals surface area (Å²) in [5, 5.41) is 25.3. The molecule has 1 aliphatic heterocycles. The summed E-state index contributed by atoms with van der Waals surface area (Å²) in [4.78, 5) is 43.5. The molecule has 5 N–H and O–H groups in total. The lowest BCUT2D eigenvalue weighted by Gasteiger charge is -2.09. The average molecular weight is 525 g/mol. The first-order valence-electron chi connectivity index (χ1n) is 12.0. The molecule has 1 fully saturated rings. The van der Waals surface area contributed by atoms with Crippen LogP contribution in [0.2, 0.25) is 0 Å². The molecule has 11 nitrogen and oxygen atoms in total. The van der Waals surface area contributed by atoms with Crippen LogP contribution in [0.15, 0.2) is 77.4 Å². The van der Waals surface area contributed by atoms with Crippen LogP contribution in [-0.2, 0) is 11.2 Å². The zero-order chi connectivity index (χ0) is 27.7. The average Bonchev–Trinajstić information content (AvgIpc) is 3.38. The Hall–Kier alpha value is -5.29. The van der Waals surface area contributed by atoms with E-state index in [1.807, 2.05) is 24.3 Å². The number of nitrogens with one attached hydrogen (secondary N) is 2. The number of hydrogen-bond acceptors (Lipinski definition) is 7. The Labute approximate surface area is 222 Å². The van der Waals surface area contributed by atoms with Crippen molar-refractivity contribution in [2.45, 2.75) is 6.42 Å². The number of carbonyl (C=O) groups is 2. The molecule has 0 atom stereocenters. The third-order valence-electron chi connectivity index (χ3n) is 6.40. The number of likely N-dealkylation sites (N-methyl/N-ethyl adjacent to an activating group) is 1. The predicted octanol–water partition coefficient (Wildman–Crippen LogP) is 3.97. The number of imide groups is 1. The second kappa shape index (κ2) is 10.2. The SMILES string of the molecule is CN1C(=O)N/C(=C\c2ccc(N=C(c3ccc(CCN)cc3)c3c(O)[nH]c4ccc([N+](=O)[O-])cc34)cc2)C1=O. The molecular formula is C28H24N6O5. The number of H-pyrrole nitrogens is 1. The van der Waals surface area contributed by atoms with Gasteiger partial charge < -0.3 is 21.1 Å². The highest BCUT2D eigenvalue weighted by molar-refractivity contribution is 6.22. The van der Waals surface area contributed by atoms with Crippen LogP contribution in [0.3, 0.4) is 0 Å². The number of hydrogen-bond donors (Lipinski definition) is 4. The maximum absolute atomic E-state index is 12.2. The zero-order valence-electron chi connectivity index (χ0n) is 20.8. The molecule has 11 heteroatoms. The van der Waals surface area contributed by atoms with Crippen LogP contribution in [0, 0.1) is 10.1 Å². The van der Waals surface area contributed by atoms with Gasteiger partial charge in [-0.05, 0) is 48.4 Å². The molecule has 3 aromatic carbocycles. The summed E-state index contributed by atoms with van der Waals surface area (Å²) in [7, 11) is 1.40. The van der Waals surface area contributed by atoms with Crippen LogP contribution in [-0.4, -0.2) is 51.2 Å². The summed E-state index contributed by atoms with van der Waals surface area (Å²) in [6.45, 7) is 0.501. The van der Waals surface area contributed by atoms with Crippen LogP contribution in [0.1, 0.15) is 22.3 Å². The number of aromatic nitrogens is 1. The summed E-state index contributed by atoms with van der Waals surface area (Å²) >= 11 is 0. The number of nitro groups is 1. The maximum Gasteiger partial charge on any atom is 0.328 e. The van der Waals surface area contributed by atoms with Gasteiger partial charge in [0.15, 0.2) is 5.88 Å². The molecule has 0 unspecified atom stereocenters. The molecule has 0 aliphatic carbocycles. The van der Waals surface area contributed by atoms with Crippen LogP contribution in [0.25, 0.3) is 17.0 Å². The Kier molecular flexibility index (Phi) is 6.65. The molecule has 3 amide bonds. The van der Waals surface area contributed by atoms with Gasteiger partial charge in [0.25, 0.3) is 11.6 Å². The minimum atomic E-state index is -0.492. The molecule has 1 aromatic heterocycles. The lowest BCUT2D eigenvalue weighted by Crippen LogP contribution is -2.25. The fourth-order valence-corrected chi connectivity index (χ4v) is 4.34. The molecule has 39 heavy (non-hydrogen) atoms. The molecule has 1 aliphatic rings. The van der Waals surface area contributed by atoms with E-state index >= 15 is 0 Å². The summed E-state index contributed by atoms with van der Waals surface area (Å²) < 4.78 is 0. The minimum absolute atomic E-state index is 0.114. The first-order valence-corrected chi connectivity index (χ1v) is 12.0. The number of nitrogens with zero attached hydrogens (tertiary/aromatic N) is 3. The van der Waals surface area contributed by atoms with Crippen molar-refractivity contribution in [3.63, 3.8) is 0 Å². The first kappa shape index (κ1) is 25.4. The van der Waals surface area contributed by atoms with E-state index in [1.54, 1.807) is 36.4 Å². The lowest BCUT2D eigenvalue weighted by molar-refractivity contribution is -0.384. The Bertz CT molecular complexity index is 1670. The molecule has 4 aromatic rings.